The maximum atomic E-state index is 13.1. The van der Waals surface area contributed by atoms with Crippen molar-refractivity contribution in [3.63, 3.8) is 0 Å². The third kappa shape index (κ3) is 5.29. The molecule has 0 N–H and O–H groups in total. The van der Waals surface area contributed by atoms with Gasteiger partial charge in [-0.1, -0.05) is 30.3 Å². The molecule has 132 valence electrons. The molecular formula is C18H17BrFNO4. The van der Waals surface area contributed by atoms with Crippen LogP contribution in [0.4, 0.5) is 4.39 Å². The van der Waals surface area contributed by atoms with Crippen molar-refractivity contribution in [2.24, 2.45) is 0 Å². The summed E-state index contributed by atoms with van der Waals surface area (Å²) in [5, 5.41) is 0. The number of hydrogen-bond donors (Lipinski definition) is 0. The Kier molecular flexibility index (Phi) is 6.52. The molecule has 0 bridgehead atoms. The van der Waals surface area contributed by atoms with Crippen LogP contribution in [0.5, 0.6) is 5.75 Å². The number of carbonyl (C=O) groups is 2. The van der Waals surface area contributed by atoms with Crippen molar-refractivity contribution in [1.29, 1.82) is 0 Å². The standard InChI is InChI=1S/C18H17BrFNO4/c1-21(2)18(23)17(12-6-4-3-5-7-12)25-16(22)11-24-15-9-8-13(20)10-14(15)19/h3-10,17H,11H2,1-2H3/t17-/m1/s1. The summed E-state index contributed by atoms with van der Waals surface area (Å²) < 4.78 is 24.0. The van der Waals surface area contributed by atoms with Crippen LogP contribution in [0.2, 0.25) is 0 Å². The first-order chi connectivity index (χ1) is 11.9. The molecule has 2 rings (SSSR count). The first-order valence-corrected chi connectivity index (χ1v) is 8.21. The van der Waals surface area contributed by atoms with Gasteiger partial charge in [-0.3, -0.25) is 4.79 Å². The van der Waals surface area contributed by atoms with Gasteiger partial charge in [-0.25, -0.2) is 9.18 Å². The quantitative estimate of drug-likeness (QED) is 0.686. The Morgan fingerprint density at radius 3 is 2.44 bits per heavy atom. The van der Waals surface area contributed by atoms with E-state index in [2.05, 4.69) is 15.9 Å². The monoisotopic (exact) mass is 409 g/mol. The highest BCUT2D eigenvalue weighted by Crippen LogP contribution is 2.26. The van der Waals surface area contributed by atoms with Crippen molar-refractivity contribution in [3.05, 3.63) is 64.4 Å². The molecule has 0 saturated carbocycles. The molecule has 1 amide bonds. The van der Waals surface area contributed by atoms with Crippen LogP contribution in [0.15, 0.2) is 53.0 Å². The molecule has 2 aromatic rings. The van der Waals surface area contributed by atoms with E-state index in [1.165, 1.54) is 23.1 Å². The van der Waals surface area contributed by atoms with E-state index in [9.17, 15) is 14.0 Å². The Hall–Kier alpha value is -2.41. The fraction of sp³-hybridized carbons (Fsp3) is 0.222. The minimum Gasteiger partial charge on any atom is -0.481 e. The van der Waals surface area contributed by atoms with Crippen LogP contribution in [-0.4, -0.2) is 37.5 Å². The summed E-state index contributed by atoms with van der Waals surface area (Å²) in [6.07, 6.45) is -1.05. The highest BCUT2D eigenvalue weighted by molar-refractivity contribution is 9.10. The van der Waals surface area contributed by atoms with Gasteiger partial charge in [0.1, 0.15) is 11.6 Å². The predicted molar refractivity (Wildman–Crippen MR) is 93.6 cm³/mol. The first kappa shape index (κ1) is 18.9. The smallest absolute Gasteiger partial charge is 0.345 e. The Balaban J connectivity index is 2.05. The molecule has 0 aliphatic rings. The fourth-order valence-electron chi connectivity index (χ4n) is 2.02. The van der Waals surface area contributed by atoms with Gasteiger partial charge in [0.15, 0.2) is 6.61 Å². The lowest BCUT2D eigenvalue weighted by molar-refractivity contribution is -0.161. The molecule has 0 aromatic heterocycles. The van der Waals surface area contributed by atoms with Crippen LogP contribution < -0.4 is 4.74 Å². The molecule has 0 fully saturated rings. The average Bonchev–Trinajstić information content (AvgIpc) is 2.59. The highest BCUT2D eigenvalue weighted by Gasteiger charge is 2.26. The number of likely N-dealkylation sites (N-methyl/N-ethyl adjacent to an activating group) is 1. The van der Waals surface area contributed by atoms with E-state index in [-0.39, 0.29) is 5.91 Å². The number of esters is 1. The second kappa shape index (κ2) is 8.62. The van der Waals surface area contributed by atoms with Crippen LogP contribution in [-0.2, 0) is 14.3 Å². The van der Waals surface area contributed by atoms with Crippen molar-refractivity contribution >= 4 is 27.8 Å². The molecule has 0 radical (unpaired) electrons. The molecule has 25 heavy (non-hydrogen) atoms. The maximum absolute atomic E-state index is 13.1. The van der Waals surface area contributed by atoms with Crippen molar-refractivity contribution in [3.8, 4) is 5.75 Å². The summed E-state index contributed by atoms with van der Waals surface area (Å²) in [5.74, 6) is -1.20. The molecular weight excluding hydrogens is 393 g/mol. The van der Waals surface area contributed by atoms with Gasteiger partial charge in [0.05, 0.1) is 4.47 Å². The topological polar surface area (TPSA) is 55.8 Å². The lowest BCUT2D eigenvalue weighted by atomic mass is 10.1. The molecule has 0 aliphatic heterocycles. The molecule has 0 spiro atoms. The molecule has 0 unspecified atom stereocenters. The zero-order chi connectivity index (χ0) is 18.4. The number of nitrogens with zero attached hydrogens (tertiary/aromatic N) is 1. The van der Waals surface area contributed by atoms with E-state index < -0.39 is 24.5 Å². The normalized spacial score (nSPS) is 11.5. The van der Waals surface area contributed by atoms with E-state index >= 15 is 0 Å². The highest BCUT2D eigenvalue weighted by atomic mass is 79.9. The van der Waals surface area contributed by atoms with Gasteiger partial charge in [0.2, 0.25) is 6.10 Å². The van der Waals surface area contributed by atoms with Crippen LogP contribution >= 0.6 is 15.9 Å². The van der Waals surface area contributed by atoms with Crippen LogP contribution in [0, 0.1) is 5.82 Å². The summed E-state index contributed by atoms with van der Waals surface area (Å²) in [7, 11) is 3.16. The summed E-state index contributed by atoms with van der Waals surface area (Å²) in [6, 6.07) is 12.6. The lowest BCUT2D eigenvalue weighted by Crippen LogP contribution is -2.32. The number of amides is 1. The zero-order valence-corrected chi connectivity index (χ0v) is 15.3. The second-order valence-corrected chi connectivity index (χ2v) is 6.23. The number of rotatable bonds is 6. The second-order valence-electron chi connectivity index (χ2n) is 5.38. The lowest BCUT2D eigenvalue weighted by Gasteiger charge is -2.21. The molecule has 0 heterocycles. The number of halogens is 2. The maximum Gasteiger partial charge on any atom is 0.345 e. The van der Waals surface area contributed by atoms with Gasteiger partial charge in [0, 0.05) is 19.7 Å². The van der Waals surface area contributed by atoms with Gasteiger partial charge in [-0.15, -0.1) is 0 Å². The Labute approximate surface area is 153 Å². The van der Waals surface area contributed by atoms with E-state index in [0.29, 0.717) is 15.8 Å². The SMILES string of the molecule is CN(C)C(=O)[C@H](OC(=O)COc1ccc(F)cc1Br)c1ccccc1. The largest absolute Gasteiger partial charge is 0.481 e. The van der Waals surface area contributed by atoms with Gasteiger partial charge < -0.3 is 14.4 Å². The molecule has 7 heteroatoms. The number of ether oxygens (including phenoxy) is 2. The third-order valence-corrected chi connectivity index (χ3v) is 3.88. The number of carbonyl (C=O) groups excluding carboxylic acids is 2. The molecule has 0 saturated heterocycles. The molecule has 0 aliphatic carbocycles. The van der Waals surface area contributed by atoms with E-state index in [1.54, 1.807) is 44.4 Å². The van der Waals surface area contributed by atoms with Crippen LogP contribution in [0.1, 0.15) is 11.7 Å². The van der Waals surface area contributed by atoms with E-state index in [0.717, 1.165) is 0 Å². The van der Waals surface area contributed by atoms with Crippen molar-refractivity contribution in [2.75, 3.05) is 20.7 Å². The third-order valence-electron chi connectivity index (χ3n) is 3.26. The van der Waals surface area contributed by atoms with Gasteiger partial charge >= 0.3 is 5.97 Å². The minimum atomic E-state index is -1.05. The van der Waals surface area contributed by atoms with E-state index in [4.69, 9.17) is 9.47 Å². The Morgan fingerprint density at radius 1 is 1.16 bits per heavy atom. The fourth-order valence-corrected chi connectivity index (χ4v) is 2.48. The van der Waals surface area contributed by atoms with Crippen LogP contribution in [0.3, 0.4) is 0 Å². The van der Waals surface area contributed by atoms with Gasteiger partial charge in [-0.2, -0.15) is 0 Å². The molecule has 5 nitrogen and oxygen atoms in total. The van der Waals surface area contributed by atoms with Crippen LogP contribution in [0.25, 0.3) is 0 Å². The molecule has 1 atom stereocenters. The number of hydrogen-bond acceptors (Lipinski definition) is 4. The Morgan fingerprint density at radius 2 is 1.84 bits per heavy atom. The predicted octanol–water partition coefficient (Wildman–Crippen LogP) is 3.34. The average molecular weight is 410 g/mol. The molecule has 2 aromatic carbocycles. The summed E-state index contributed by atoms with van der Waals surface area (Å²) in [5.41, 5.74) is 0.567. The summed E-state index contributed by atoms with van der Waals surface area (Å²) in [4.78, 5) is 25.8. The minimum absolute atomic E-state index is 0.300. The van der Waals surface area contributed by atoms with Gasteiger partial charge in [-0.05, 0) is 34.1 Å². The van der Waals surface area contributed by atoms with Crippen molar-refractivity contribution < 1.29 is 23.5 Å². The Bertz CT molecular complexity index is 752. The zero-order valence-electron chi connectivity index (χ0n) is 13.7. The van der Waals surface area contributed by atoms with Crippen molar-refractivity contribution in [1.82, 2.24) is 4.90 Å². The first-order valence-electron chi connectivity index (χ1n) is 7.42. The summed E-state index contributed by atoms with van der Waals surface area (Å²) >= 11 is 3.15. The van der Waals surface area contributed by atoms with E-state index in [1.807, 2.05) is 0 Å². The van der Waals surface area contributed by atoms with Gasteiger partial charge in [0.25, 0.3) is 5.91 Å². The number of benzene rings is 2. The summed E-state index contributed by atoms with van der Waals surface area (Å²) in [6.45, 7) is -0.408. The van der Waals surface area contributed by atoms with Crippen molar-refractivity contribution in [2.45, 2.75) is 6.10 Å².